The third-order valence-electron chi connectivity index (χ3n) is 3.56. The van der Waals surface area contributed by atoms with Gasteiger partial charge >= 0.3 is 10.1 Å². The molecule has 0 atom stereocenters. The minimum Gasteiger partial charge on any atom is -0.287 e. The number of carbonyl (C=O) groups is 1. The summed E-state index contributed by atoms with van der Waals surface area (Å²) in [6, 6.07) is 24.7. The lowest BCUT2D eigenvalue weighted by Gasteiger charge is -2.07. The van der Waals surface area contributed by atoms with Crippen molar-refractivity contribution in [1.29, 1.82) is 0 Å². The second kappa shape index (κ2) is 7.76. The summed E-state index contributed by atoms with van der Waals surface area (Å²) in [7, 11) is -4.12. The summed E-state index contributed by atoms with van der Waals surface area (Å²) < 4.78 is 29.4. The molecule has 0 heterocycles. The largest absolute Gasteiger partial charge is 0.358 e. The highest BCUT2D eigenvalue weighted by molar-refractivity contribution is 7.86. The molecule has 0 aromatic heterocycles. The zero-order valence-electron chi connectivity index (χ0n) is 13.6. The fourth-order valence-electron chi connectivity index (χ4n) is 2.26. The molecule has 6 heteroatoms. The van der Waals surface area contributed by atoms with Crippen LogP contribution in [0.4, 0.5) is 0 Å². The van der Waals surface area contributed by atoms with Crippen molar-refractivity contribution in [3.63, 3.8) is 0 Å². The van der Waals surface area contributed by atoms with E-state index in [1.807, 2.05) is 0 Å². The smallest absolute Gasteiger partial charge is 0.287 e. The molecule has 0 aliphatic rings. The Balaban J connectivity index is 1.99. The van der Waals surface area contributed by atoms with Gasteiger partial charge < -0.3 is 0 Å². The first kappa shape index (κ1) is 17.6. The summed E-state index contributed by atoms with van der Waals surface area (Å²) in [5.74, 6) is -0.430. The molecule has 0 aliphatic carbocycles. The third-order valence-corrected chi connectivity index (χ3v) is 4.68. The van der Waals surface area contributed by atoms with E-state index in [0.29, 0.717) is 11.1 Å². The van der Waals surface area contributed by atoms with E-state index >= 15 is 0 Å². The molecule has 0 unspecified atom stereocenters. The summed E-state index contributed by atoms with van der Waals surface area (Å²) in [5, 5.41) is 3.70. The number of carbonyl (C=O) groups excluding carboxylic acids is 1. The first-order chi connectivity index (χ1) is 12.6. The number of benzene rings is 3. The average Bonchev–Trinajstić information content (AvgIpc) is 2.70. The Morgan fingerprint density at radius 2 is 1.15 bits per heavy atom. The third kappa shape index (κ3) is 4.04. The molecule has 0 N–H and O–H groups in total. The Bertz CT molecular complexity index is 1020. The van der Waals surface area contributed by atoms with E-state index in [4.69, 9.17) is 4.28 Å². The minimum atomic E-state index is -4.12. The SMILES string of the molecule is O=C(/C(=N/OS(=O)(=O)c1ccccc1)c1ccccc1)c1ccccc1. The Morgan fingerprint density at radius 1 is 0.692 bits per heavy atom. The quantitative estimate of drug-likeness (QED) is 0.379. The van der Waals surface area contributed by atoms with Gasteiger partial charge in [0, 0.05) is 11.1 Å². The van der Waals surface area contributed by atoms with Gasteiger partial charge in [0.2, 0.25) is 5.78 Å². The van der Waals surface area contributed by atoms with Gasteiger partial charge in [0.1, 0.15) is 4.90 Å². The van der Waals surface area contributed by atoms with E-state index < -0.39 is 15.9 Å². The minimum absolute atomic E-state index is 0.0386. The average molecular weight is 365 g/mol. The molecule has 0 saturated heterocycles. The highest BCUT2D eigenvalue weighted by Crippen LogP contribution is 2.14. The van der Waals surface area contributed by atoms with Gasteiger partial charge in [-0.2, -0.15) is 8.42 Å². The van der Waals surface area contributed by atoms with Gasteiger partial charge in [0.25, 0.3) is 0 Å². The van der Waals surface area contributed by atoms with E-state index in [1.165, 1.54) is 12.1 Å². The van der Waals surface area contributed by atoms with Crippen molar-refractivity contribution in [2.75, 3.05) is 0 Å². The first-order valence-electron chi connectivity index (χ1n) is 7.80. The molecule has 0 saturated carbocycles. The second-order valence-electron chi connectivity index (χ2n) is 5.34. The number of Topliss-reactive ketones (excluding diaryl/α,β-unsaturated/α-hetero) is 1. The normalized spacial score (nSPS) is 11.8. The summed E-state index contributed by atoms with van der Waals surface area (Å²) in [5.41, 5.74) is 0.761. The van der Waals surface area contributed by atoms with Gasteiger partial charge in [-0.25, -0.2) is 0 Å². The van der Waals surface area contributed by atoms with Crippen LogP contribution in [-0.4, -0.2) is 19.9 Å². The van der Waals surface area contributed by atoms with Crippen molar-refractivity contribution >= 4 is 21.6 Å². The Kier molecular flexibility index (Phi) is 5.24. The summed E-state index contributed by atoms with van der Waals surface area (Å²) in [4.78, 5) is 12.8. The molecule has 0 spiro atoms. The molecule has 3 aromatic rings. The van der Waals surface area contributed by atoms with Crippen LogP contribution in [0, 0.1) is 0 Å². The molecule has 3 rings (SSSR count). The van der Waals surface area contributed by atoms with Gasteiger partial charge in [0.05, 0.1) is 0 Å². The van der Waals surface area contributed by atoms with E-state index in [1.54, 1.807) is 78.9 Å². The number of ketones is 1. The van der Waals surface area contributed by atoms with Crippen molar-refractivity contribution < 1.29 is 17.5 Å². The zero-order valence-corrected chi connectivity index (χ0v) is 14.5. The Hall–Kier alpha value is -3.25. The summed E-state index contributed by atoms with van der Waals surface area (Å²) in [6.07, 6.45) is 0. The van der Waals surface area contributed by atoms with Crippen LogP contribution in [-0.2, 0) is 14.4 Å². The predicted molar refractivity (Wildman–Crippen MR) is 98.5 cm³/mol. The molecule has 26 heavy (non-hydrogen) atoms. The Morgan fingerprint density at radius 3 is 1.69 bits per heavy atom. The van der Waals surface area contributed by atoms with Crippen LogP contribution in [0.5, 0.6) is 0 Å². The van der Waals surface area contributed by atoms with Crippen LogP contribution in [0.2, 0.25) is 0 Å². The van der Waals surface area contributed by atoms with Gasteiger partial charge in [-0.05, 0) is 12.1 Å². The standard InChI is InChI=1S/C20H15NO4S/c22-20(17-12-6-2-7-13-17)19(16-10-4-1-5-11-16)21-25-26(23,24)18-14-8-3-9-15-18/h1-15H/b21-19+. The second-order valence-corrected chi connectivity index (χ2v) is 6.87. The van der Waals surface area contributed by atoms with Crippen molar-refractivity contribution in [3.8, 4) is 0 Å². The van der Waals surface area contributed by atoms with E-state index in [9.17, 15) is 13.2 Å². The molecule has 0 radical (unpaired) electrons. The van der Waals surface area contributed by atoms with Crippen molar-refractivity contribution in [3.05, 3.63) is 102 Å². The molecular formula is C20H15NO4S. The van der Waals surface area contributed by atoms with Crippen LogP contribution in [0.15, 0.2) is 101 Å². The van der Waals surface area contributed by atoms with Crippen LogP contribution in [0.3, 0.4) is 0 Å². The predicted octanol–water partition coefficient (Wildman–Crippen LogP) is 3.68. The van der Waals surface area contributed by atoms with Gasteiger partial charge in [-0.1, -0.05) is 84.0 Å². The topological polar surface area (TPSA) is 72.8 Å². The summed E-state index contributed by atoms with van der Waals surface area (Å²) in [6.45, 7) is 0. The van der Waals surface area contributed by atoms with E-state index in [2.05, 4.69) is 5.16 Å². The lowest BCUT2D eigenvalue weighted by atomic mass is 10.0. The molecule has 0 bridgehead atoms. The zero-order chi connectivity index (χ0) is 18.4. The molecule has 0 aliphatic heterocycles. The molecule has 3 aromatic carbocycles. The fourth-order valence-corrected chi connectivity index (χ4v) is 3.01. The van der Waals surface area contributed by atoms with Crippen molar-refractivity contribution in [2.45, 2.75) is 4.90 Å². The number of rotatable bonds is 6. The maximum Gasteiger partial charge on any atom is 0.358 e. The van der Waals surface area contributed by atoms with E-state index in [-0.39, 0.29) is 10.6 Å². The van der Waals surface area contributed by atoms with Gasteiger partial charge in [-0.15, -0.1) is 0 Å². The number of hydrogen-bond acceptors (Lipinski definition) is 5. The van der Waals surface area contributed by atoms with Gasteiger partial charge in [0.15, 0.2) is 5.71 Å². The number of oxime groups is 1. The molecule has 0 fully saturated rings. The maximum absolute atomic E-state index is 12.8. The molecule has 5 nitrogen and oxygen atoms in total. The molecule has 0 amide bonds. The fraction of sp³-hybridized carbons (Fsp3) is 0. The maximum atomic E-state index is 12.8. The highest BCUT2D eigenvalue weighted by Gasteiger charge is 2.20. The van der Waals surface area contributed by atoms with Crippen molar-refractivity contribution in [1.82, 2.24) is 0 Å². The lowest BCUT2D eigenvalue weighted by molar-refractivity contribution is 0.106. The van der Waals surface area contributed by atoms with Crippen molar-refractivity contribution in [2.24, 2.45) is 5.16 Å². The number of hydrogen-bond donors (Lipinski definition) is 0. The highest BCUT2D eigenvalue weighted by atomic mass is 32.2. The lowest BCUT2D eigenvalue weighted by Crippen LogP contribution is -2.17. The molecule has 130 valence electrons. The van der Waals surface area contributed by atoms with Crippen LogP contribution >= 0.6 is 0 Å². The van der Waals surface area contributed by atoms with Crippen LogP contribution < -0.4 is 0 Å². The molecular weight excluding hydrogens is 350 g/mol. The Labute approximate surface area is 151 Å². The van der Waals surface area contributed by atoms with Gasteiger partial charge in [-0.3, -0.25) is 9.08 Å². The van der Waals surface area contributed by atoms with Crippen LogP contribution in [0.25, 0.3) is 0 Å². The first-order valence-corrected chi connectivity index (χ1v) is 9.20. The van der Waals surface area contributed by atoms with E-state index in [0.717, 1.165) is 0 Å². The van der Waals surface area contributed by atoms with Crippen LogP contribution in [0.1, 0.15) is 15.9 Å². The number of nitrogens with zero attached hydrogens (tertiary/aromatic N) is 1. The monoisotopic (exact) mass is 365 g/mol. The summed E-state index contributed by atoms with van der Waals surface area (Å²) >= 11 is 0.